The molecule has 192 valence electrons. The SMILES string of the molecule is CCOC(=O)c1nn(-c2ccc(OC(F)(F)F)cc2)c(=O)c2c(NC(=O)c3cc(Cl)ccc3Cl)scc12. The molecule has 0 bridgehead atoms. The maximum Gasteiger partial charge on any atom is 0.573 e. The molecule has 0 saturated carbocycles. The van der Waals surface area contributed by atoms with Crippen molar-refractivity contribution < 1.29 is 32.2 Å². The number of carbonyl (C=O) groups is 2. The molecule has 8 nitrogen and oxygen atoms in total. The Bertz CT molecular complexity index is 1570. The summed E-state index contributed by atoms with van der Waals surface area (Å²) in [5.74, 6) is -2.02. The van der Waals surface area contributed by atoms with Crippen LogP contribution in [0, 0.1) is 0 Å². The van der Waals surface area contributed by atoms with Gasteiger partial charge in [0.25, 0.3) is 11.5 Å². The van der Waals surface area contributed by atoms with Crippen molar-refractivity contribution in [1.82, 2.24) is 9.78 Å². The summed E-state index contributed by atoms with van der Waals surface area (Å²) in [6, 6.07) is 8.59. The second-order valence-electron chi connectivity index (χ2n) is 7.26. The van der Waals surface area contributed by atoms with Crippen molar-refractivity contribution in [2.75, 3.05) is 11.9 Å². The standard InChI is InChI=1S/C23H14Cl2F3N3O5S/c1-2-35-22(34)18-15-10-37-20(29-19(32)14-9-11(24)3-8-16(14)25)17(15)21(33)31(30-18)12-4-6-13(7-5-12)36-23(26,27)28/h3-10H,2H2,1H3,(H,29,32). The first-order valence-electron chi connectivity index (χ1n) is 10.3. The van der Waals surface area contributed by atoms with E-state index in [2.05, 4.69) is 15.2 Å². The number of ether oxygens (including phenoxy) is 2. The highest BCUT2D eigenvalue weighted by molar-refractivity contribution is 7.16. The molecule has 0 spiro atoms. The molecule has 0 aliphatic heterocycles. The lowest BCUT2D eigenvalue weighted by Gasteiger charge is -2.12. The van der Waals surface area contributed by atoms with Crippen LogP contribution in [0.4, 0.5) is 18.2 Å². The van der Waals surface area contributed by atoms with E-state index in [9.17, 15) is 27.6 Å². The molecule has 0 radical (unpaired) electrons. The normalized spacial score (nSPS) is 11.4. The predicted molar refractivity (Wildman–Crippen MR) is 132 cm³/mol. The van der Waals surface area contributed by atoms with E-state index in [0.29, 0.717) is 0 Å². The summed E-state index contributed by atoms with van der Waals surface area (Å²) in [5.41, 5.74) is -0.893. The Hall–Kier alpha value is -3.61. The number of nitrogens with zero attached hydrogens (tertiary/aromatic N) is 2. The van der Waals surface area contributed by atoms with E-state index in [4.69, 9.17) is 27.9 Å². The Balaban J connectivity index is 1.83. The van der Waals surface area contributed by atoms with Gasteiger partial charge in [-0.05, 0) is 49.4 Å². The lowest BCUT2D eigenvalue weighted by atomic mass is 10.2. The molecular weight excluding hydrogens is 558 g/mol. The number of alkyl halides is 3. The molecule has 0 atom stereocenters. The Morgan fingerprint density at radius 3 is 2.49 bits per heavy atom. The molecule has 1 N–H and O–H groups in total. The van der Waals surface area contributed by atoms with Crippen LogP contribution in [0.15, 0.2) is 52.6 Å². The number of hydrogen-bond acceptors (Lipinski definition) is 7. The first-order chi connectivity index (χ1) is 17.5. The third kappa shape index (κ3) is 5.71. The van der Waals surface area contributed by atoms with E-state index >= 15 is 0 Å². The van der Waals surface area contributed by atoms with Gasteiger partial charge in [0.05, 0.1) is 28.3 Å². The summed E-state index contributed by atoms with van der Waals surface area (Å²) >= 11 is 13.0. The molecule has 0 fully saturated rings. The van der Waals surface area contributed by atoms with Gasteiger partial charge in [-0.25, -0.2) is 4.79 Å². The fourth-order valence-corrected chi connectivity index (χ4v) is 4.61. The number of halogens is 5. The number of carbonyl (C=O) groups excluding carboxylic acids is 2. The second kappa shape index (κ2) is 10.4. The van der Waals surface area contributed by atoms with Gasteiger partial charge in [0.15, 0.2) is 5.69 Å². The molecule has 2 aromatic heterocycles. The fraction of sp³-hybridized carbons (Fsp3) is 0.130. The maximum atomic E-state index is 13.4. The van der Waals surface area contributed by atoms with E-state index in [1.807, 2.05) is 0 Å². The van der Waals surface area contributed by atoms with Crippen LogP contribution in [-0.2, 0) is 4.74 Å². The second-order valence-corrected chi connectivity index (χ2v) is 8.98. The van der Waals surface area contributed by atoms with E-state index < -0.39 is 29.5 Å². The van der Waals surface area contributed by atoms with Gasteiger partial charge in [-0.2, -0.15) is 9.78 Å². The number of fused-ring (bicyclic) bond motifs is 1. The number of nitrogens with one attached hydrogen (secondary N) is 1. The topological polar surface area (TPSA) is 99.5 Å². The smallest absolute Gasteiger partial charge is 0.461 e. The zero-order valence-electron chi connectivity index (χ0n) is 18.6. The van der Waals surface area contributed by atoms with Crippen molar-refractivity contribution in [2.45, 2.75) is 13.3 Å². The Morgan fingerprint density at radius 2 is 1.84 bits per heavy atom. The van der Waals surface area contributed by atoms with Crippen molar-refractivity contribution in [3.63, 3.8) is 0 Å². The van der Waals surface area contributed by atoms with E-state index in [1.165, 1.54) is 23.6 Å². The quantitative estimate of drug-likeness (QED) is 0.281. The largest absolute Gasteiger partial charge is 0.573 e. The number of aromatic nitrogens is 2. The van der Waals surface area contributed by atoms with Gasteiger partial charge in [-0.15, -0.1) is 24.5 Å². The van der Waals surface area contributed by atoms with Crippen molar-refractivity contribution in [3.05, 3.63) is 79.5 Å². The number of hydrogen-bond donors (Lipinski definition) is 1. The first kappa shape index (κ1) is 26.5. The average Bonchev–Trinajstić information content (AvgIpc) is 3.24. The fourth-order valence-electron chi connectivity index (χ4n) is 3.30. The zero-order valence-corrected chi connectivity index (χ0v) is 20.9. The summed E-state index contributed by atoms with van der Waals surface area (Å²) in [5, 5.41) is 8.67. The molecule has 0 saturated heterocycles. The molecule has 4 rings (SSSR count). The van der Waals surface area contributed by atoms with E-state index in [0.717, 1.165) is 40.3 Å². The Morgan fingerprint density at radius 1 is 1.14 bits per heavy atom. The molecule has 14 heteroatoms. The zero-order chi connectivity index (χ0) is 26.9. The van der Waals surface area contributed by atoms with Crippen LogP contribution in [-0.4, -0.2) is 34.6 Å². The van der Waals surface area contributed by atoms with Gasteiger partial charge < -0.3 is 14.8 Å². The van der Waals surface area contributed by atoms with Crippen LogP contribution in [0.1, 0.15) is 27.8 Å². The van der Waals surface area contributed by atoms with Gasteiger partial charge in [-0.1, -0.05) is 23.2 Å². The molecule has 2 aromatic carbocycles. The third-order valence-electron chi connectivity index (χ3n) is 4.84. The van der Waals surface area contributed by atoms with Crippen LogP contribution in [0.5, 0.6) is 5.75 Å². The van der Waals surface area contributed by atoms with Crippen molar-refractivity contribution in [1.29, 1.82) is 0 Å². The molecule has 37 heavy (non-hydrogen) atoms. The van der Waals surface area contributed by atoms with Gasteiger partial charge >= 0.3 is 12.3 Å². The minimum absolute atomic E-state index is 0.0195. The Labute approximate surface area is 220 Å². The number of rotatable bonds is 6. The molecule has 4 aromatic rings. The maximum absolute atomic E-state index is 13.4. The van der Waals surface area contributed by atoms with Crippen molar-refractivity contribution >= 4 is 62.2 Å². The van der Waals surface area contributed by atoms with Gasteiger partial charge in [0.2, 0.25) is 0 Å². The first-order valence-corrected chi connectivity index (χ1v) is 12.0. The van der Waals surface area contributed by atoms with Gasteiger partial charge in [0.1, 0.15) is 10.8 Å². The highest BCUT2D eigenvalue weighted by Gasteiger charge is 2.31. The highest BCUT2D eigenvalue weighted by Crippen LogP contribution is 2.32. The number of anilines is 1. The van der Waals surface area contributed by atoms with Crippen LogP contribution >= 0.6 is 34.5 Å². The predicted octanol–water partition coefficient (Wildman–Crippen LogP) is 6.08. The summed E-state index contributed by atoms with van der Waals surface area (Å²) in [6.45, 7) is 1.60. The molecule has 1 amide bonds. The summed E-state index contributed by atoms with van der Waals surface area (Å²) in [7, 11) is 0. The molecule has 0 aliphatic rings. The highest BCUT2D eigenvalue weighted by atomic mass is 35.5. The monoisotopic (exact) mass is 571 g/mol. The van der Waals surface area contributed by atoms with Crippen LogP contribution in [0.3, 0.4) is 0 Å². The van der Waals surface area contributed by atoms with Crippen LogP contribution in [0.25, 0.3) is 16.5 Å². The lowest BCUT2D eigenvalue weighted by molar-refractivity contribution is -0.274. The molecular formula is C23H14Cl2F3N3O5S. The lowest BCUT2D eigenvalue weighted by Crippen LogP contribution is -2.25. The van der Waals surface area contributed by atoms with Crippen molar-refractivity contribution in [3.8, 4) is 11.4 Å². The summed E-state index contributed by atoms with van der Waals surface area (Å²) in [4.78, 5) is 39.0. The summed E-state index contributed by atoms with van der Waals surface area (Å²) < 4.78 is 47.3. The minimum Gasteiger partial charge on any atom is -0.461 e. The molecule has 0 unspecified atom stereocenters. The Kier molecular flexibility index (Phi) is 7.44. The minimum atomic E-state index is -4.90. The molecule has 0 aliphatic carbocycles. The van der Waals surface area contributed by atoms with Crippen LogP contribution < -0.4 is 15.6 Å². The number of esters is 1. The average molecular weight is 572 g/mol. The summed E-state index contributed by atoms with van der Waals surface area (Å²) in [6.07, 6.45) is -4.90. The number of thiophene rings is 1. The van der Waals surface area contributed by atoms with E-state index in [-0.39, 0.29) is 49.4 Å². The van der Waals surface area contributed by atoms with E-state index in [1.54, 1.807) is 6.92 Å². The third-order valence-corrected chi connectivity index (χ3v) is 6.30. The number of amides is 1. The van der Waals surface area contributed by atoms with Crippen molar-refractivity contribution in [2.24, 2.45) is 0 Å². The van der Waals surface area contributed by atoms with Gasteiger partial charge in [-0.3, -0.25) is 9.59 Å². The van der Waals surface area contributed by atoms with Gasteiger partial charge in [0, 0.05) is 15.8 Å². The molecule has 2 heterocycles. The van der Waals surface area contributed by atoms with Crippen LogP contribution in [0.2, 0.25) is 10.0 Å². The number of benzene rings is 2.